The average molecular weight is 428 g/mol. The Morgan fingerprint density at radius 3 is 2.62 bits per heavy atom. The summed E-state index contributed by atoms with van der Waals surface area (Å²) in [6.45, 7) is 9.62. The molecule has 0 aliphatic heterocycles. The van der Waals surface area contributed by atoms with Crippen LogP contribution in [0.2, 0.25) is 5.02 Å². The van der Waals surface area contributed by atoms with Gasteiger partial charge in [-0.25, -0.2) is 4.98 Å². The van der Waals surface area contributed by atoms with E-state index in [0.29, 0.717) is 11.6 Å². The maximum Gasteiger partial charge on any atom is 0.252 e. The second-order valence-electron chi connectivity index (χ2n) is 6.84. The third-order valence-corrected chi connectivity index (χ3v) is 6.26. The zero-order chi connectivity index (χ0) is 20.8. The number of benzene rings is 2. The number of thiazole rings is 1. The molecule has 0 aliphatic rings. The highest BCUT2D eigenvalue weighted by Gasteiger charge is 2.19. The Hall–Kier alpha value is -2.21. The average Bonchev–Trinajstić information content (AvgIpc) is 3.13. The van der Waals surface area contributed by atoms with Gasteiger partial charge in [-0.2, -0.15) is 0 Å². The Balaban J connectivity index is 1.88. The smallest absolute Gasteiger partial charge is 0.252 e. The summed E-state index contributed by atoms with van der Waals surface area (Å²) < 4.78 is 1.09. The molecule has 3 rings (SSSR count). The van der Waals surface area contributed by atoms with Gasteiger partial charge in [-0.3, -0.25) is 9.69 Å². The van der Waals surface area contributed by atoms with Crippen LogP contribution in [0, 0.1) is 6.92 Å². The summed E-state index contributed by atoms with van der Waals surface area (Å²) in [5.74, 6) is -0.0900. The van der Waals surface area contributed by atoms with Crippen LogP contribution in [0.3, 0.4) is 0 Å². The second-order valence-corrected chi connectivity index (χ2v) is 8.26. The Morgan fingerprint density at radius 1 is 1.14 bits per heavy atom. The largest absolute Gasteiger partial charge is 0.302 e. The maximum atomic E-state index is 13.1. The number of fused-ring (bicyclic) bond motifs is 1. The number of anilines is 1. The van der Waals surface area contributed by atoms with Gasteiger partial charge in [0.15, 0.2) is 5.13 Å². The molecule has 0 saturated heterocycles. The van der Waals surface area contributed by atoms with Crippen molar-refractivity contribution < 1.29 is 4.79 Å². The number of halogens is 1. The minimum Gasteiger partial charge on any atom is -0.302 e. The van der Waals surface area contributed by atoms with Crippen molar-refractivity contribution in [2.45, 2.75) is 20.8 Å². The molecule has 0 fully saturated rings. The molecule has 0 atom stereocenters. The molecule has 0 N–H and O–H groups in total. The van der Waals surface area contributed by atoms with E-state index in [4.69, 9.17) is 16.6 Å². The van der Waals surface area contributed by atoms with E-state index in [1.807, 2.05) is 36.4 Å². The molecule has 0 saturated carbocycles. The summed E-state index contributed by atoms with van der Waals surface area (Å²) in [5.41, 5.74) is 2.93. The van der Waals surface area contributed by atoms with Crippen molar-refractivity contribution in [3.8, 4) is 0 Å². The lowest BCUT2D eigenvalue weighted by Gasteiger charge is -2.23. The van der Waals surface area contributed by atoms with Crippen molar-refractivity contribution in [3.05, 3.63) is 64.7 Å². The molecule has 3 aromatic rings. The monoisotopic (exact) mass is 427 g/mol. The lowest BCUT2D eigenvalue weighted by molar-refractivity contribution is -0.114. The van der Waals surface area contributed by atoms with Crippen LogP contribution in [0.4, 0.5) is 5.13 Å². The fraction of sp³-hybridized carbons (Fsp3) is 0.304. The van der Waals surface area contributed by atoms with Crippen LogP contribution in [0.15, 0.2) is 48.5 Å². The summed E-state index contributed by atoms with van der Waals surface area (Å²) >= 11 is 7.77. The van der Waals surface area contributed by atoms with E-state index in [1.165, 1.54) is 5.56 Å². The SMILES string of the molecule is CCN(CC)CCN(C(=O)C=Cc1ccccc1Cl)c1nc2ccc(C)cc2s1. The van der Waals surface area contributed by atoms with Gasteiger partial charge in [-0.05, 0) is 55.4 Å². The Kier molecular flexibility index (Phi) is 7.42. The summed E-state index contributed by atoms with van der Waals surface area (Å²) in [4.78, 5) is 21.9. The number of amides is 1. The molecule has 29 heavy (non-hydrogen) atoms. The Morgan fingerprint density at radius 2 is 1.90 bits per heavy atom. The number of hydrogen-bond acceptors (Lipinski definition) is 4. The number of carbonyl (C=O) groups excluding carboxylic acids is 1. The summed E-state index contributed by atoms with van der Waals surface area (Å²) in [5, 5.41) is 1.35. The summed E-state index contributed by atoms with van der Waals surface area (Å²) in [7, 11) is 0. The number of rotatable bonds is 8. The van der Waals surface area contributed by atoms with Gasteiger partial charge in [0.05, 0.1) is 10.2 Å². The molecule has 0 bridgehead atoms. The molecule has 1 aromatic heterocycles. The molecule has 2 aromatic carbocycles. The maximum absolute atomic E-state index is 13.1. The molecule has 152 valence electrons. The van der Waals surface area contributed by atoms with Crippen LogP contribution in [0.25, 0.3) is 16.3 Å². The third kappa shape index (κ3) is 5.44. The van der Waals surface area contributed by atoms with Gasteiger partial charge in [-0.1, -0.05) is 61.1 Å². The van der Waals surface area contributed by atoms with Crippen LogP contribution in [0.5, 0.6) is 0 Å². The van der Waals surface area contributed by atoms with E-state index in [2.05, 4.69) is 31.7 Å². The highest BCUT2D eigenvalue weighted by Crippen LogP contribution is 2.30. The predicted octanol–water partition coefficient (Wildman–Crippen LogP) is 5.65. The van der Waals surface area contributed by atoms with E-state index in [0.717, 1.165) is 40.5 Å². The predicted molar refractivity (Wildman–Crippen MR) is 125 cm³/mol. The van der Waals surface area contributed by atoms with E-state index < -0.39 is 0 Å². The first kappa shape index (κ1) is 21.5. The highest BCUT2D eigenvalue weighted by atomic mass is 35.5. The number of nitrogens with zero attached hydrogens (tertiary/aromatic N) is 3. The van der Waals surface area contributed by atoms with Crippen molar-refractivity contribution in [2.75, 3.05) is 31.1 Å². The molecular weight excluding hydrogens is 402 g/mol. The van der Waals surface area contributed by atoms with E-state index >= 15 is 0 Å². The van der Waals surface area contributed by atoms with Crippen LogP contribution in [-0.4, -0.2) is 42.0 Å². The van der Waals surface area contributed by atoms with E-state index in [1.54, 1.807) is 28.4 Å². The topological polar surface area (TPSA) is 36.4 Å². The third-order valence-electron chi connectivity index (χ3n) is 4.87. The zero-order valence-corrected chi connectivity index (χ0v) is 18.6. The summed E-state index contributed by atoms with van der Waals surface area (Å²) in [6.07, 6.45) is 3.35. The van der Waals surface area contributed by atoms with Gasteiger partial charge in [0, 0.05) is 24.2 Å². The van der Waals surface area contributed by atoms with Crippen LogP contribution in [-0.2, 0) is 4.79 Å². The minimum absolute atomic E-state index is 0.0900. The van der Waals surface area contributed by atoms with Crippen molar-refractivity contribution in [1.82, 2.24) is 9.88 Å². The summed E-state index contributed by atoms with van der Waals surface area (Å²) in [6, 6.07) is 13.7. The van der Waals surface area contributed by atoms with Crippen molar-refractivity contribution in [2.24, 2.45) is 0 Å². The molecule has 1 heterocycles. The van der Waals surface area contributed by atoms with Crippen LogP contribution < -0.4 is 4.90 Å². The van der Waals surface area contributed by atoms with Crippen molar-refractivity contribution in [1.29, 1.82) is 0 Å². The first-order valence-corrected chi connectivity index (χ1v) is 11.0. The lowest BCUT2D eigenvalue weighted by Crippen LogP contribution is -2.38. The Bertz CT molecular complexity index is 1010. The number of aromatic nitrogens is 1. The van der Waals surface area contributed by atoms with Crippen molar-refractivity contribution >= 4 is 50.3 Å². The quantitative estimate of drug-likeness (QED) is 0.436. The van der Waals surface area contributed by atoms with Crippen LogP contribution in [0.1, 0.15) is 25.0 Å². The first-order chi connectivity index (χ1) is 14.0. The van der Waals surface area contributed by atoms with Gasteiger partial charge < -0.3 is 4.90 Å². The lowest BCUT2D eigenvalue weighted by atomic mass is 10.2. The highest BCUT2D eigenvalue weighted by molar-refractivity contribution is 7.22. The molecular formula is C23H26ClN3OS. The van der Waals surface area contributed by atoms with Gasteiger partial charge in [-0.15, -0.1) is 0 Å². The van der Waals surface area contributed by atoms with Gasteiger partial charge in [0.2, 0.25) is 0 Å². The molecule has 0 spiro atoms. The molecule has 0 aliphatic carbocycles. The van der Waals surface area contributed by atoms with Crippen molar-refractivity contribution in [3.63, 3.8) is 0 Å². The molecule has 0 radical (unpaired) electrons. The van der Waals surface area contributed by atoms with Gasteiger partial charge in [0.1, 0.15) is 0 Å². The fourth-order valence-corrected chi connectivity index (χ4v) is 4.37. The standard InChI is InChI=1S/C23H26ClN3OS/c1-4-26(5-2)14-15-27(22(28)13-11-18-8-6-7-9-19(18)24)23-25-20-12-10-17(3)16-21(20)29-23/h6-13,16H,4-5,14-15H2,1-3H3. The number of aryl methyl sites for hydroxylation is 1. The zero-order valence-electron chi connectivity index (χ0n) is 17.1. The van der Waals surface area contributed by atoms with Gasteiger partial charge in [0.25, 0.3) is 5.91 Å². The number of carbonyl (C=O) groups is 1. The second kappa shape index (κ2) is 10.0. The van der Waals surface area contributed by atoms with Gasteiger partial charge >= 0.3 is 0 Å². The number of hydrogen-bond donors (Lipinski definition) is 0. The fourth-order valence-electron chi connectivity index (χ4n) is 3.08. The molecule has 6 heteroatoms. The Labute approximate surface area is 181 Å². The normalized spacial score (nSPS) is 11.6. The number of likely N-dealkylation sites (N-methyl/N-ethyl adjacent to an activating group) is 1. The molecule has 1 amide bonds. The first-order valence-electron chi connectivity index (χ1n) is 9.85. The molecule has 0 unspecified atom stereocenters. The molecule has 4 nitrogen and oxygen atoms in total. The van der Waals surface area contributed by atoms with Crippen LogP contribution >= 0.6 is 22.9 Å². The van der Waals surface area contributed by atoms with E-state index in [9.17, 15) is 4.79 Å². The minimum atomic E-state index is -0.0900. The van der Waals surface area contributed by atoms with E-state index in [-0.39, 0.29) is 5.91 Å².